The highest BCUT2D eigenvalue weighted by molar-refractivity contribution is 9.10. The van der Waals surface area contributed by atoms with Gasteiger partial charge in [0.25, 0.3) is 5.56 Å². The number of aromatic nitrogens is 1. The van der Waals surface area contributed by atoms with Gasteiger partial charge in [-0.2, -0.15) is 13.2 Å². The van der Waals surface area contributed by atoms with Gasteiger partial charge in [0.05, 0.1) is 6.42 Å². The van der Waals surface area contributed by atoms with E-state index < -0.39 is 25.0 Å². The molecule has 0 saturated carbocycles. The van der Waals surface area contributed by atoms with Gasteiger partial charge < -0.3 is 9.47 Å². The van der Waals surface area contributed by atoms with Crippen LogP contribution in [0, 0.1) is 0 Å². The second kappa shape index (κ2) is 6.23. The molecule has 0 N–H and O–H groups in total. The van der Waals surface area contributed by atoms with E-state index in [-0.39, 0.29) is 12.1 Å². The van der Waals surface area contributed by atoms with Crippen molar-refractivity contribution in [3.05, 3.63) is 33.2 Å². The SMILES string of the molecule is CN(CCC(F)(F)F)C(=O)Cn1cc(Br)ccc1=O. The largest absolute Gasteiger partial charge is 0.390 e. The van der Waals surface area contributed by atoms with Crippen molar-refractivity contribution in [2.75, 3.05) is 13.6 Å². The smallest absolute Gasteiger partial charge is 0.344 e. The number of alkyl halides is 3. The van der Waals surface area contributed by atoms with Crippen molar-refractivity contribution in [1.82, 2.24) is 9.47 Å². The molecule has 1 amide bonds. The van der Waals surface area contributed by atoms with Crippen LogP contribution in [0.4, 0.5) is 13.2 Å². The summed E-state index contributed by atoms with van der Waals surface area (Å²) in [6, 6.07) is 2.80. The van der Waals surface area contributed by atoms with Crippen molar-refractivity contribution in [2.24, 2.45) is 0 Å². The number of carbonyl (C=O) groups excluding carboxylic acids is 1. The molecule has 0 radical (unpaired) electrons. The minimum atomic E-state index is -4.30. The lowest BCUT2D eigenvalue weighted by Gasteiger charge is -2.18. The van der Waals surface area contributed by atoms with Crippen LogP contribution in [-0.2, 0) is 11.3 Å². The third-order valence-corrected chi connectivity index (χ3v) is 2.88. The lowest BCUT2D eigenvalue weighted by Crippen LogP contribution is -2.35. The van der Waals surface area contributed by atoms with E-state index in [2.05, 4.69) is 15.9 Å². The molecule has 0 unspecified atom stereocenters. The molecular formula is C11H12BrF3N2O2. The zero-order valence-corrected chi connectivity index (χ0v) is 11.7. The predicted molar refractivity (Wildman–Crippen MR) is 66.7 cm³/mol. The fourth-order valence-electron chi connectivity index (χ4n) is 1.31. The molecule has 0 aromatic carbocycles. The first-order valence-electron chi connectivity index (χ1n) is 5.36. The lowest BCUT2D eigenvalue weighted by molar-refractivity contribution is -0.144. The molecule has 1 rings (SSSR count). The summed E-state index contributed by atoms with van der Waals surface area (Å²) in [4.78, 5) is 24.1. The van der Waals surface area contributed by atoms with Crippen molar-refractivity contribution in [3.63, 3.8) is 0 Å². The molecule has 0 fully saturated rings. The van der Waals surface area contributed by atoms with Crippen molar-refractivity contribution in [3.8, 4) is 0 Å². The first-order chi connectivity index (χ1) is 8.69. The molecule has 0 atom stereocenters. The number of halogens is 4. The maximum atomic E-state index is 12.0. The number of carbonyl (C=O) groups is 1. The van der Waals surface area contributed by atoms with Gasteiger partial charge in [-0.3, -0.25) is 9.59 Å². The fourth-order valence-corrected chi connectivity index (χ4v) is 1.69. The van der Waals surface area contributed by atoms with Gasteiger partial charge >= 0.3 is 6.18 Å². The van der Waals surface area contributed by atoms with Crippen LogP contribution in [-0.4, -0.2) is 35.1 Å². The third-order valence-electron chi connectivity index (χ3n) is 2.41. The van der Waals surface area contributed by atoms with Crippen molar-refractivity contribution in [2.45, 2.75) is 19.1 Å². The molecule has 0 spiro atoms. The number of amides is 1. The van der Waals surface area contributed by atoms with E-state index in [1.165, 1.54) is 25.4 Å². The zero-order valence-electron chi connectivity index (χ0n) is 10.1. The highest BCUT2D eigenvalue weighted by Gasteiger charge is 2.28. The Morgan fingerprint density at radius 3 is 2.63 bits per heavy atom. The van der Waals surface area contributed by atoms with Crippen LogP contribution >= 0.6 is 15.9 Å². The molecule has 0 aliphatic rings. The minimum Gasteiger partial charge on any atom is -0.344 e. The summed E-state index contributed by atoms with van der Waals surface area (Å²) in [7, 11) is 1.27. The average Bonchev–Trinajstić information content (AvgIpc) is 2.29. The highest BCUT2D eigenvalue weighted by atomic mass is 79.9. The number of likely N-dealkylation sites (N-methyl/N-ethyl adjacent to an activating group) is 1. The van der Waals surface area contributed by atoms with Gasteiger partial charge in [-0.15, -0.1) is 0 Å². The van der Waals surface area contributed by atoms with Gasteiger partial charge in [-0.05, 0) is 22.0 Å². The van der Waals surface area contributed by atoms with Crippen LogP contribution in [0.3, 0.4) is 0 Å². The van der Waals surface area contributed by atoms with Crippen LogP contribution < -0.4 is 5.56 Å². The second-order valence-electron chi connectivity index (χ2n) is 3.99. The summed E-state index contributed by atoms with van der Waals surface area (Å²) in [6.07, 6.45) is -3.96. The standard InChI is InChI=1S/C11H12BrF3N2O2/c1-16(5-4-11(13,14)15)10(19)7-17-6-8(12)2-3-9(17)18/h2-3,6H,4-5,7H2,1H3. The van der Waals surface area contributed by atoms with Crippen LogP contribution in [0.2, 0.25) is 0 Å². The van der Waals surface area contributed by atoms with Gasteiger partial charge in [0.15, 0.2) is 0 Å². The molecule has 4 nitrogen and oxygen atoms in total. The van der Waals surface area contributed by atoms with E-state index >= 15 is 0 Å². The summed E-state index contributed by atoms with van der Waals surface area (Å²) < 4.78 is 37.8. The number of nitrogens with zero attached hydrogens (tertiary/aromatic N) is 2. The Labute approximate surface area is 115 Å². The predicted octanol–water partition coefficient (Wildman–Crippen LogP) is 2.02. The van der Waals surface area contributed by atoms with E-state index in [0.717, 1.165) is 9.47 Å². The molecule has 106 valence electrons. The zero-order chi connectivity index (χ0) is 14.6. The van der Waals surface area contributed by atoms with Crippen molar-refractivity contribution in [1.29, 1.82) is 0 Å². The van der Waals surface area contributed by atoms with E-state index in [0.29, 0.717) is 4.47 Å². The van der Waals surface area contributed by atoms with Crippen LogP contribution in [0.25, 0.3) is 0 Å². The van der Waals surface area contributed by atoms with Crippen molar-refractivity contribution < 1.29 is 18.0 Å². The summed E-state index contributed by atoms with van der Waals surface area (Å²) in [5, 5.41) is 0. The topological polar surface area (TPSA) is 42.3 Å². The van der Waals surface area contributed by atoms with Gasteiger partial charge in [-0.1, -0.05) is 0 Å². The van der Waals surface area contributed by atoms with Crippen molar-refractivity contribution >= 4 is 21.8 Å². The molecule has 1 aromatic rings. The Hall–Kier alpha value is -1.31. The van der Waals surface area contributed by atoms with Crippen LogP contribution in [0.1, 0.15) is 6.42 Å². The highest BCUT2D eigenvalue weighted by Crippen LogP contribution is 2.19. The Kier molecular flexibility index (Phi) is 5.16. The van der Waals surface area contributed by atoms with E-state index in [4.69, 9.17) is 0 Å². The summed E-state index contributed by atoms with van der Waals surface area (Å²) >= 11 is 3.15. The van der Waals surface area contributed by atoms with Gasteiger partial charge in [-0.25, -0.2) is 0 Å². The Balaban J connectivity index is 2.64. The van der Waals surface area contributed by atoms with Gasteiger partial charge in [0, 0.05) is 30.3 Å². The summed E-state index contributed by atoms with van der Waals surface area (Å²) in [6.45, 7) is -0.711. The van der Waals surface area contributed by atoms with Gasteiger partial charge in [0.2, 0.25) is 5.91 Å². The van der Waals surface area contributed by atoms with E-state index in [9.17, 15) is 22.8 Å². The number of rotatable bonds is 4. The molecule has 1 aromatic heterocycles. The number of pyridine rings is 1. The second-order valence-corrected chi connectivity index (χ2v) is 4.91. The molecule has 0 aliphatic heterocycles. The molecular weight excluding hydrogens is 329 g/mol. The molecule has 0 saturated heterocycles. The Morgan fingerprint density at radius 2 is 2.05 bits per heavy atom. The monoisotopic (exact) mass is 340 g/mol. The minimum absolute atomic E-state index is 0.285. The molecule has 8 heteroatoms. The molecule has 19 heavy (non-hydrogen) atoms. The first kappa shape index (κ1) is 15.7. The van der Waals surface area contributed by atoms with Gasteiger partial charge in [0.1, 0.15) is 6.54 Å². The average molecular weight is 341 g/mol. The summed E-state index contributed by atoms with van der Waals surface area (Å²) in [5.74, 6) is -0.551. The number of hydrogen-bond acceptors (Lipinski definition) is 2. The quantitative estimate of drug-likeness (QED) is 0.841. The van der Waals surface area contributed by atoms with Crippen LogP contribution in [0.15, 0.2) is 27.6 Å². The van der Waals surface area contributed by atoms with E-state index in [1.807, 2.05) is 0 Å². The fraction of sp³-hybridized carbons (Fsp3) is 0.455. The molecule has 1 heterocycles. The summed E-state index contributed by atoms with van der Waals surface area (Å²) in [5.41, 5.74) is -0.388. The molecule has 0 bridgehead atoms. The van der Waals surface area contributed by atoms with Crippen LogP contribution in [0.5, 0.6) is 0 Å². The Bertz CT molecular complexity index is 513. The third kappa shape index (κ3) is 5.46. The Morgan fingerprint density at radius 1 is 1.42 bits per heavy atom. The maximum absolute atomic E-state index is 12.0. The lowest BCUT2D eigenvalue weighted by atomic mass is 10.3. The number of hydrogen-bond donors (Lipinski definition) is 0. The van der Waals surface area contributed by atoms with E-state index in [1.54, 1.807) is 0 Å². The first-order valence-corrected chi connectivity index (χ1v) is 6.15. The normalized spacial score (nSPS) is 11.4. The maximum Gasteiger partial charge on any atom is 0.390 e. The molecule has 0 aliphatic carbocycles.